The normalized spacial score (nSPS) is 17.6. The summed E-state index contributed by atoms with van der Waals surface area (Å²) in [5.74, 6) is 3.59. The molecule has 1 saturated carbocycles. The largest absolute Gasteiger partial charge is 0.493 e. The number of aromatic nitrogens is 2. The molecule has 0 bridgehead atoms. The van der Waals surface area contributed by atoms with Gasteiger partial charge in [-0.3, -0.25) is 4.79 Å². The van der Waals surface area contributed by atoms with E-state index in [0.29, 0.717) is 18.3 Å². The molecular formula is C35H44N2O3. The first-order valence-electron chi connectivity index (χ1n) is 15.1. The first kappa shape index (κ1) is 28.2. The molecular weight excluding hydrogens is 496 g/mol. The van der Waals surface area contributed by atoms with Gasteiger partial charge in [-0.25, -0.2) is 4.98 Å². The number of fused-ring (bicyclic) bond motifs is 1. The standard InChI is InChI=1S/C35H44N2O3/c1-35(2,33(38)23-27-13-8-5-9-14-27)19-10-22-39-29-17-16-28-24-30(34-36-20-21-37(34)3)31(40-32(28)25-29)18-15-26-11-6-4-7-12-26/h4,6-7,11-12,16-17,20-21,24-25,27,31H,5,8-10,13-15,18-19,22-23H2,1-3H3. The summed E-state index contributed by atoms with van der Waals surface area (Å²) in [6.45, 7) is 4.79. The quantitative estimate of drug-likeness (QED) is 0.218. The van der Waals surface area contributed by atoms with Crippen LogP contribution in [-0.2, 0) is 18.3 Å². The maximum Gasteiger partial charge on any atom is 0.139 e. The van der Waals surface area contributed by atoms with Gasteiger partial charge in [-0.05, 0) is 55.4 Å². The lowest BCUT2D eigenvalue weighted by Gasteiger charge is -2.28. The van der Waals surface area contributed by atoms with Crippen LogP contribution >= 0.6 is 0 Å². The van der Waals surface area contributed by atoms with E-state index in [1.807, 2.05) is 37.6 Å². The second-order valence-corrected chi connectivity index (χ2v) is 12.3. The minimum Gasteiger partial charge on any atom is -0.493 e. The molecule has 0 saturated heterocycles. The van der Waals surface area contributed by atoms with Gasteiger partial charge in [0, 0.05) is 48.5 Å². The Bertz CT molecular complexity index is 1300. The molecule has 2 heterocycles. The van der Waals surface area contributed by atoms with Crippen LogP contribution in [0.3, 0.4) is 0 Å². The fourth-order valence-corrected chi connectivity index (χ4v) is 6.09. The van der Waals surface area contributed by atoms with Gasteiger partial charge in [0.05, 0.1) is 6.61 Å². The lowest BCUT2D eigenvalue weighted by Crippen LogP contribution is -2.27. The van der Waals surface area contributed by atoms with Gasteiger partial charge in [-0.15, -0.1) is 0 Å². The number of carbonyl (C=O) groups excluding carboxylic acids is 1. The average molecular weight is 541 g/mol. The molecule has 5 rings (SSSR count). The van der Waals surface area contributed by atoms with Crippen LogP contribution in [0.1, 0.15) is 88.6 Å². The van der Waals surface area contributed by atoms with Crippen molar-refractivity contribution < 1.29 is 14.3 Å². The van der Waals surface area contributed by atoms with Gasteiger partial charge in [0.25, 0.3) is 0 Å². The number of hydrogen-bond acceptors (Lipinski definition) is 4. The maximum absolute atomic E-state index is 13.0. The molecule has 0 spiro atoms. The Hall–Kier alpha value is -3.34. The van der Waals surface area contributed by atoms with Crippen molar-refractivity contribution in [3.05, 3.63) is 77.9 Å². The topological polar surface area (TPSA) is 53.4 Å². The molecule has 1 aliphatic carbocycles. The molecule has 5 nitrogen and oxygen atoms in total. The third-order valence-corrected chi connectivity index (χ3v) is 8.70. The smallest absolute Gasteiger partial charge is 0.139 e. The number of imidazole rings is 1. The maximum atomic E-state index is 13.0. The molecule has 40 heavy (non-hydrogen) atoms. The van der Waals surface area contributed by atoms with Crippen molar-refractivity contribution in [3.63, 3.8) is 0 Å². The van der Waals surface area contributed by atoms with Gasteiger partial charge in [-0.2, -0.15) is 0 Å². The van der Waals surface area contributed by atoms with Gasteiger partial charge < -0.3 is 14.0 Å². The number of carbonyl (C=O) groups is 1. The highest BCUT2D eigenvalue weighted by atomic mass is 16.5. The van der Waals surface area contributed by atoms with E-state index in [1.165, 1.54) is 37.7 Å². The number of aryl methyl sites for hydroxylation is 2. The van der Waals surface area contributed by atoms with Crippen molar-refractivity contribution >= 4 is 17.4 Å². The molecule has 1 aliphatic heterocycles. The zero-order valence-electron chi connectivity index (χ0n) is 24.4. The van der Waals surface area contributed by atoms with Crippen LogP contribution in [0.5, 0.6) is 11.5 Å². The Labute approximate surface area is 239 Å². The molecule has 0 N–H and O–H groups in total. The van der Waals surface area contributed by atoms with Gasteiger partial charge in [-0.1, -0.05) is 76.3 Å². The molecule has 1 aromatic heterocycles. The Morgan fingerprint density at radius 3 is 2.65 bits per heavy atom. The van der Waals surface area contributed by atoms with Crippen molar-refractivity contribution in [2.75, 3.05) is 6.61 Å². The van der Waals surface area contributed by atoms with E-state index in [0.717, 1.165) is 60.6 Å². The molecule has 1 fully saturated rings. The first-order valence-corrected chi connectivity index (χ1v) is 15.1. The summed E-state index contributed by atoms with van der Waals surface area (Å²) in [4.78, 5) is 17.6. The van der Waals surface area contributed by atoms with Crippen LogP contribution in [0.2, 0.25) is 0 Å². The van der Waals surface area contributed by atoms with E-state index >= 15 is 0 Å². The van der Waals surface area contributed by atoms with Crippen LogP contribution in [0, 0.1) is 11.3 Å². The monoisotopic (exact) mass is 540 g/mol. The van der Waals surface area contributed by atoms with Crippen molar-refractivity contribution in [1.82, 2.24) is 9.55 Å². The van der Waals surface area contributed by atoms with Crippen molar-refractivity contribution in [3.8, 4) is 11.5 Å². The predicted octanol–water partition coefficient (Wildman–Crippen LogP) is 8.08. The number of hydrogen-bond donors (Lipinski definition) is 0. The van der Waals surface area contributed by atoms with Gasteiger partial charge in [0.2, 0.25) is 0 Å². The molecule has 1 atom stereocenters. The number of nitrogens with zero attached hydrogens (tertiary/aromatic N) is 2. The summed E-state index contributed by atoms with van der Waals surface area (Å²) in [5.41, 5.74) is 3.14. The Morgan fingerprint density at radius 1 is 1.10 bits per heavy atom. The molecule has 5 heteroatoms. The second kappa shape index (κ2) is 12.9. The third kappa shape index (κ3) is 7.04. The highest BCUT2D eigenvalue weighted by molar-refractivity contribution is 5.85. The average Bonchev–Trinajstić information content (AvgIpc) is 3.40. The van der Waals surface area contributed by atoms with E-state index in [-0.39, 0.29) is 11.5 Å². The summed E-state index contributed by atoms with van der Waals surface area (Å²) < 4.78 is 14.8. The summed E-state index contributed by atoms with van der Waals surface area (Å²) in [7, 11) is 2.02. The Morgan fingerprint density at radius 2 is 1.90 bits per heavy atom. The van der Waals surface area contributed by atoms with Crippen LogP contribution in [0.25, 0.3) is 11.6 Å². The Balaban J connectivity index is 1.20. The minimum atomic E-state index is -0.294. The lowest BCUT2D eigenvalue weighted by molar-refractivity contribution is -0.128. The summed E-state index contributed by atoms with van der Waals surface area (Å²) in [5, 5.41) is 0. The number of benzene rings is 2. The molecule has 0 amide bonds. The van der Waals surface area contributed by atoms with Crippen LogP contribution in [0.15, 0.2) is 60.9 Å². The molecule has 3 aromatic rings. The van der Waals surface area contributed by atoms with Crippen LogP contribution in [-0.4, -0.2) is 28.0 Å². The van der Waals surface area contributed by atoms with Crippen LogP contribution < -0.4 is 9.47 Å². The highest BCUT2D eigenvalue weighted by Crippen LogP contribution is 2.38. The number of ether oxygens (including phenoxy) is 2. The third-order valence-electron chi connectivity index (χ3n) is 8.70. The van der Waals surface area contributed by atoms with Gasteiger partial charge >= 0.3 is 0 Å². The number of Topliss-reactive ketones (excluding diaryl/α,β-unsaturated/α-hetero) is 1. The number of ketones is 1. The van der Waals surface area contributed by atoms with Gasteiger partial charge in [0.1, 0.15) is 29.2 Å². The molecule has 212 valence electrons. The zero-order valence-corrected chi connectivity index (χ0v) is 24.4. The van der Waals surface area contributed by atoms with Crippen molar-refractivity contribution in [2.24, 2.45) is 18.4 Å². The van der Waals surface area contributed by atoms with Crippen LogP contribution in [0.4, 0.5) is 0 Å². The van der Waals surface area contributed by atoms with E-state index in [1.54, 1.807) is 0 Å². The summed E-state index contributed by atoms with van der Waals surface area (Å²) in [6, 6.07) is 16.6. The summed E-state index contributed by atoms with van der Waals surface area (Å²) >= 11 is 0. The fraction of sp³-hybridized carbons (Fsp3) is 0.486. The fourth-order valence-electron chi connectivity index (χ4n) is 6.09. The second-order valence-electron chi connectivity index (χ2n) is 12.3. The first-order chi connectivity index (χ1) is 19.4. The SMILES string of the molecule is Cn1ccnc1C1=Cc2ccc(OCCCC(C)(C)C(=O)CC3CCCCC3)cc2OC1CCc1ccccc1. The van der Waals surface area contributed by atoms with Crippen molar-refractivity contribution in [2.45, 2.75) is 84.2 Å². The van der Waals surface area contributed by atoms with E-state index < -0.39 is 0 Å². The molecule has 2 aromatic carbocycles. The lowest BCUT2D eigenvalue weighted by atomic mass is 9.76. The zero-order chi connectivity index (χ0) is 28.0. The van der Waals surface area contributed by atoms with Crippen molar-refractivity contribution in [1.29, 1.82) is 0 Å². The van der Waals surface area contributed by atoms with Gasteiger partial charge in [0.15, 0.2) is 0 Å². The molecule has 0 radical (unpaired) electrons. The predicted molar refractivity (Wildman–Crippen MR) is 161 cm³/mol. The molecule has 1 unspecified atom stereocenters. The Kier molecular flexibility index (Phi) is 9.08. The highest BCUT2D eigenvalue weighted by Gasteiger charge is 2.30. The van der Waals surface area contributed by atoms with E-state index in [4.69, 9.17) is 9.47 Å². The van der Waals surface area contributed by atoms with E-state index in [9.17, 15) is 4.79 Å². The number of rotatable bonds is 12. The van der Waals surface area contributed by atoms with E-state index in [2.05, 4.69) is 59.8 Å². The minimum absolute atomic E-state index is 0.0972. The molecule has 2 aliphatic rings. The summed E-state index contributed by atoms with van der Waals surface area (Å²) in [6.07, 6.45) is 16.5.